The molecule has 1 saturated heterocycles. The van der Waals surface area contributed by atoms with E-state index in [1.54, 1.807) is 11.1 Å². The van der Waals surface area contributed by atoms with E-state index in [1.165, 1.54) is 0 Å². The van der Waals surface area contributed by atoms with Crippen LogP contribution < -0.4 is 9.47 Å². The molecule has 154 valence electrons. The van der Waals surface area contributed by atoms with Crippen molar-refractivity contribution in [2.75, 3.05) is 32.8 Å². The van der Waals surface area contributed by atoms with Crippen LogP contribution in [0.4, 0.5) is 0 Å². The van der Waals surface area contributed by atoms with Crippen LogP contribution in [0.1, 0.15) is 24.8 Å². The van der Waals surface area contributed by atoms with Crippen molar-refractivity contribution in [2.24, 2.45) is 0 Å². The predicted molar refractivity (Wildman–Crippen MR) is 108 cm³/mol. The summed E-state index contributed by atoms with van der Waals surface area (Å²) in [4.78, 5) is 20.8. The lowest BCUT2D eigenvalue weighted by molar-refractivity contribution is -0.142. The fraction of sp³-hybridized carbons (Fsp3) is 0.455. The van der Waals surface area contributed by atoms with Gasteiger partial charge < -0.3 is 19.5 Å². The molecule has 0 spiro atoms. The van der Waals surface area contributed by atoms with E-state index >= 15 is 0 Å². The molecule has 7 nitrogen and oxygen atoms in total. The molecule has 3 heterocycles. The number of likely N-dealkylation sites (tertiary alicyclic amines) is 1. The number of carbonyl (C=O) groups is 1. The van der Waals surface area contributed by atoms with Crippen molar-refractivity contribution in [3.05, 3.63) is 48.2 Å². The molecule has 1 fully saturated rings. The number of fused-ring (bicyclic) bond motifs is 2. The molecule has 2 aliphatic rings. The lowest BCUT2D eigenvalue weighted by Crippen LogP contribution is -2.55. The molecular weight excluding hydrogens is 370 g/mol. The maximum absolute atomic E-state index is 12.6. The third-order valence-corrected chi connectivity index (χ3v) is 5.25. The number of nitrogens with zero attached hydrogens (tertiary/aromatic N) is 3. The Labute approximate surface area is 170 Å². The van der Waals surface area contributed by atoms with Gasteiger partial charge in [0.2, 0.25) is 11.8 Å². The van der Waals surface area contributed by atoms with Crippen LogP contribution >= 0.6 is 0 Å². The summed E-state index contributed by atoms with van der Waals surface area (Å²) in [6.07, 6.45) is 4.28. The molecule has 0 unspecified atom stereocenters. The molecule has 1 aromatic heterocycles. The van der Waals surface area contributed by atoms with Gasteiger partial charge in [0, 0.05) is 31.4 Å². The van der Waals surface area contributed by atoms with E-state index in [9.17, 15) is 9.90 Å². The van der Waals surface area contributed by atoms with Crippen molar-refractivity contribution >= 4 is 5.91 Å². The van der Waals surface area contributed by atoms with Gasteiger partial charge in [-0.3, -0.25) is 9.69 Å². The maximum atomic E-state index is 12.6. The quantitative estimate of drug-likeness (QED) is 0.839. The first-order valence-corrected chi connectivity index (χ1v) is 10.2. The number of ether oxygens (including phenoxy) is 2. The normalized spacial score (nSPS) is 18.6. The number of aliphatic hydroxyl groups is 1. The topological polar surface area (TPSA) is 75.1 Å². The predicted octanol–water partition coefficient (Wildman–Crippen LogP) is 2.44. The lowest BCUT2D eigenvalue weighted by Gasteiger charge is -2.37. The highest BCUT2D eigenvalue weighted by Crippen LogP contribution is 2.32. The number of β-amino-alcohol motifs (C(OH)–C–C–N with tert-alkyl or cyclic N) is 1. The van der Waals surface area contributed by atoms with Gasteiger partial charge in [-0.2, -0.15) is 0 Å². The SMILES string of the molecule is O=C(CN1CCCCCOc2ccccc2Oc2ncccc2C1)N1CC(O)C1. The van der Waals surface area contributed by atoms with E-state index in [-0.39, 0.29) is 12.0 Å². The Morgan fingerprint density at radius 2 is 1.93 bits per heavy atom. The third-order valence-electron chi connectivity index (χ3n) is 5.25. The van der Waals surface area contributed by atoms with Crippen molar-refractivity contribution in [3.8, 4) is 17.4 Å². The van der Waals surface area contributed by atoms with Gasteiger partial charge in [-0.05, 0) is 44.0 Å². The summed E-state index contributed by atoms with van der Waals surface area (Å²) in [6.45, 7) is 3.20. The summed E-state index contributed by atoms with van der Waals surface area (Å²) < 4.78 is 12.0. The summed E-state index contributed by atoms with van der Waals surface area (Å²) in [5, 5.41) is 9.47. The van der Waals surface area contributed by atoms with Gasteiger partial charge in [-0.25, -0.2) is 4.98 Å². The molecule has 1 N–H and O–H groups in total. The highest BCUT2D eigenvalue weighted by atomic mass is 16.5. The summed E-state index contributed by atoms with van der Waals surface area (Å²) in [5.74, 6) is 1.94. The molecule has 1 aromatic carbocycles. The summed E-state index contributed by atoms with van der Waals surface area (Å²) in [5.41, 5.74) is 0.929. The first kappa shape index (κ1) is 19.7. The van der Waals surface area contributed by atoms with Gasteiger partial charge in [-0.1, -0.05) is 18.2 Å². The van der Waals surface area contributed by atoms with Gasteiger partial charge in [0.1, 0.15) is 0 Å². The zero-order valence-electron chi connectivity index (χ0n) is 16.5. The van der Waals surface area contributed by atoms with E-state index in [1.807, 2.05) is 36.4 Å². The van der Waals surface area contributed by atoms with E-state index in [2.05, 4.69) is 9.88 Å². The highest BCUT2D eigenvalue weighted by molar-refractivity contribution is 5.79. The Morgan fingerprint density at radius 3 is 2.76 bits per heavy atom. The number of carbonyl (C=O) groups excluding carboxylic acids is 1. The zero-order valence-corrected chi connectivity index (χ0v) is 16.5. The minimum absolute atomic E-state index is 0.0552. The molecular formula is C22H27N3O4. The summed E-state index contributed by atoms with van der Waals surface area (Å²) in [6, 6.07) is 11.5. The number of hydrogen-bond acceptors (Lipinski definition) is 6. The number of hydrogen-bond donors (Lipinski definition) is 1. The molecule has 2 aromatic rings. The van der Waals surface area contributed by atoms with E-state index in [4.69, 9.17) is 9.47 Å². The number of aliphatic hydroxyl groups excluding tert-OH is 1. The third kappa shape index (κ3) is 5.05. The van der Waals surface area contributed by atoms with Crippen molar-refractivity contribution < 1.29 is 19.4 Å². The molecule has 0 radical (unpaired) electrons. The molecule has 0 saturated carbocycles. The van der Waals surface area contributed by atoms with Crippen LogP contribution in [-0.4, -0.2) is 64.7 Å². The van der Waals surface area contributed by atoms with Gasteiger partial charge in [0.15, 0.2) is 11.5 Å². The molecule has 2 aliphatic heterocycles. The molecule has 0 aliphatic carbocycles. The van der Waals surface area contributed by atoms with Gasteiger partial charge >= 0.3 is 0 Å². The highest BCUT2D eigenvalue weighted by Gasteiger charge is 2.29. The first-order valence-electron chi connectivity index (χ1n) is 10.2. The Morgan fingerprint density at radius 1 is 1.10 bits per heavy atom. The number of pyridine rings is 1. The van der Waals surface area contributed by atoms with Crippen LogP contribution in [0.15, 0.2) is 42.6 Å². The number of benzene rings is 1. The number of para-hydroxylation sites is 2. The van der Waals surface area contributed by atoms with Crippen LogP contribution in [-0.2, 0) is 11.3 Å². The van der Waals surface area contributed by atoms with Crippen LogP contribution in [0.25, 0.3) is 0 Å². The molecule has 7 heteroatoms. The van der Waals surface area contributed by atoms with Crippen molar-refractivity contribution in [3.63, 3.8) is 0 Å². The maximum Gasteiger partial charge on any atom is 0.236 e. The Kier molecular flexibility index (Phi) is 6.27. The molecule has 4 rings (SSSR count). The van der Waals surface area contributed by atoms with Crippen molar-refractivity contribution in [2.45, 2.75) is 31.9 Å². The van der Waals surface area contributed by atoms with Crippen LogP contribution in [0.3, 0.4) is 0 Å². The second kappa shape index (κ2) is 9.24. The first-order chi connectivity index (χ1) is 14.2. The number of amides is 1. The number of aromatic nitrogens is 1. The van der Waals surface area contributed by atoms with Crippen molar-refractivity contribution in [1.82, 2.24) is 14.8 Å². The van der Waals surface area contributed by atoms with Gasteiger partial charge in [0.25, 0.3) is 0 Å². The lowest BCUT2D eigenvalue weighted by atomic mass is 10.1. The van der Waals surface area contributed by atoms with E-state index < -0.39 is 0 Å². The van der Waals surface area contributed by atoms with Crippen molar-refractivity contribution in [1.29, 1.82) is 0 Å². The Bertz CT molecular complexity index is 838. The van der Waals surface area contributed by atoms with Gasteiger partial charge in [0.05, 0.1) is 19.3 Å². The van der Waals surface area contributed by atoms with Crippen LogP contribution in [0.5, 0.6) is 17.4 Å². The average Bonchev–Trinajstić information content (AvgIpc) is 2.71. The second-order valence-corrected chi connectivity index (χ2v) is 7.59. The molecule has 1 amide bonds. The smallest absolute Gasteiger partial charge is 0.236 e. The van der Waals surface area contributed by atoms with Crippen LogP contribution in [0.2, 0.25) is 0 Å². The largest absolute Gasteiger partial charge is 0.490 e. The standard InChI is InChI=1S/C22H27N3O4/c26-18-14-25(15-18)21(27)16-24-11-4-1-5-12-28-19-8-2-3-9-20(19)29-22-17(13-24)7-6-10-23-22/h2-3,6-10,18,26H,1,4-5,11-16H2. The molecule has 29 heavy (non-hydrogen) atoms. The monoisotopic (exact) mass is 397 g/mol. The van der Waals surface area contributed by atoms with E-state index in [0.29, 0.717) is 50.2 Å². The Balaban J connectivity index is 1.54. The second-order valence-electron chi connectivity index (χ2n) is 7.59. The van der Waals surface area contributed by atoms with Crippen LogP contribution in [0, 0.1) is 0 Å². The fourth-order valence-electron chi connectivity index (χ4n) is 3.60. The number of rotatable bonds is 2. The minimum atomic E-state index is -0.382. The average molecular weight is 397 g/mol. The molecule has 0 bridgehead atoms. The molecule has 0 atom stereocenters. The minimum Gasteiger partial charge on any atom is -0.490 e. The Hall–Kier alpha value is -2.64. The van der Waals surface area contributed by atoms with Gasteiger partial charge in [-0.15, -0.1) is 0 Å². The van der Waals surface area contributed by atoms with E-state index in [0.717, 1.165) is 31.4 Å². The zero-order chi connectivity index (χ0) is 20.1. The fourth-order valence-corrected chi connectivity index (χ4v) is 3.60. The summed E-state index contributed by atoms with van der Waals surface area (Å²) in [7, 11) is 0. The summed E-state index contributed by atoms with van der Waals surface area (Å²) >= 11 is 0.